The van der Waals surface area contributed by atoms with Gasteiger partial charge in [0, 0.05) is 28.8 Å². The van der Waals surface area contributed by atoms with Crippen molar-refractivity contribution in [1.29, 1.82) is 0 Å². The van der Waals surface area contributed by atoms with E-state index in [9.17, 15) is 18.4 Å². The van der Waals surface area contributed by atoms with Crippen LogP contribution in [0.25, 0.3) is 10.9 Å². The number of carbonyl (C=O) groups excluding carboxylic acids is 2. The molecule has 1 amide bonds. The summed E-state index contributed by atoms with van der Waals surface area (Å²) in [6.07, 6.45) is 0.819. The fraction of sp³-hybridized carbons (Fsp3) is 0.304. The van der Waals surface area contributed by atoms with Crippen LogP contribution in [0.15, 0.2) is 36.4 Å². The van der Waals surface area contributed by atoms with Crippen molar-refractivity contribution < 1.29 is 23.1 Å². The first-order valence-electron chi connectivity index (χ1n) is 9.73. The molecule has 0 aliphatic carbocycles. The normalized spacial score (nSPS) is 12.1. The summed E-state index contributed by atoms with van der Waals surface area (Å²) in [6, 6.07) is 7.86. The lowest BCUT2D eigenvalue weighted by Gasteiger charge is -2.12. The van der Waals surface area contributed by atoms with Gasteiger partial charge in [-0.15, -0.1) is 0 Å². The fourth-order valence-electron chi connectivity index (χ4n) is 3.43. The van der Waals surface area contributed by atoms with Gasteiger partial charge in [-0.2, -0.15) is 0 Å². The summed E-state index contributed by atoms with van der Waals surface area (Å²) in [5.74, 6) is -1.68. The number of carbonyl (C=O) groups is 2. The average molecular weight is 414 g/mol. The van der Waals surface area contributed by atoms with Gasteiger partial charge in [0.1, 0.15) is 5.82 Å². The Morgan fingerprint density at radius 2 is 1.83 bits per heavy atom. The third-order valence-corrected chi connectivity index (χ3v) is 5.26. The van der Waals surface area contributed by atoms with Gasteiger partial charge in [0.15, 0.2) is 11.6 Å². The first-order chi connectivity index (χ1) is 14.3. The van der Waals surface area contributed by atoms with E-state index in [1.165, 1.54) is 48.1 Å². The molecule has 2 aromatic carbocycles. The van der Waals surface area contributed by atoms with Crippen LogP contribution in [0, 0.1) is 18.6 Å². The largest absolute Gasteiger partial charge is 0.494 e. The molecule has 3 rings (SSSR count). The van der Waals surface area contributed by atoms with Gasteiger partial charge in [-0.25, -0.2) is 8.78 Å². The maximum Gasteiger partial charge on any atom is 0.262 e. The Bertz CT molecular complexity index is 1100. The maximum absolute atomic E-state index is 14.5. The second-order valence-electron chi connectivity index (χ2n) is 7.27. The highest BCUT2D eigenvalue weighted by Gasteiger charge is 2.23. The number of rotatable bonds is 6. The van der Waals surface area contributed by atoms with Gasteiger partial charge in [-0.1, -0.05) is 6.92 Å². The zero-order valence-electron chi connectivity index (χ0n) is 17.4. The molecule has 0 radical (unpaired) electrons. The number of fused-ring (bicyclic) bond motifs is 1. The lowest BCUT2D eigenvalue weighted by molar-refractivity contribution is -0.121. The second kappa shape index (κ2) is 8.65. The summed E-state index contributed by atoms with van der Waals surface area (Å²) < 4.78 is 34.2. The van der Waals surface area contributed by atoms with E-state index in [1.807, 2.05) is 13.8 Å². The Hall–Kier alpha value is -3.22. The maximum atomic E-state index is 14.5. The number of amides is 1. The van der Waals surface area contributed by atoms with Crippen LogP contribution in [-0.4, -0.2) is 29.5 Å². The molecule has 1 aromatic heterocycles. The first kappa shape index (κ1) is 21.5. The van der Waals surface area contributed by atoms with E-state index in [2.05, 4.69) is 5.32 Å². The number of ether oxygens (including phenoxy) is 1. The van der Waals surface area contributed by atoms with Crippen LogP contribution in [0.5, 0.6) is 5.75 Å². The Morgan fingerprint density at radius 3 is 2.43 bits per heavy atom. The van der Waals surface area contributed by atoms with Gasteiger partial charge in [-0.05, 0) is 56.2 Å². The van der Waals surface area contributed by atoms with Crippen LogP contribution < -0.4 is 10.1 Å². The van der Waals surface area contributed by atoms with Crippen molar-refractivity contribution in [2.24, 2.45) is 0 Å². The quantitative estimate of drug-likeness (QED) is 0.651. The molecular formula is C23H24F2N2O3. The van der Waals surface area contributed by atoms with Crippen molar-refractivity contribution in [2.45, 2.75) is 39.7 Å². The highest BCUT2D eigenvalue weighted by molar-refractivity contribution is 6.05. The summed E-state index contributed by atoms with van der Waals surface area (Å²) in [5.41, 5.74) is 1.71. The number of hydrogen-bond donors (Lipinski definition) is 1. The molecule has 0 saturated heterocycles. The molecule has 5 nitrogen and oxygen atoms in total. The van der Waals surface area contributed by atoms with E-state index in [0.29, 0.717) is 22.2 Å². The molecule has 1 unspecified atom stereocenters. The molecule has 0 aliphatic heterocycles. The molecule has 1 N–H and O–H groups in total. The Balaban J connectivity index is 2.16. The molecule has 0 saturated carbocycles. The number of halogens is 2. The lowest BCUT2D eigenvalue weighted by atomic mass is 10.1. The summed E-state index contributed by atoms with van der Waals surface area (Å²) in [4.78, 5) is 25.7. The molecule has 1 atom stereocenters. The summed E-state index contributed by atoms with van der Waals surface area (Å²) in [6.45, 7) is 5.58. The fourth-order valence-corrected chi connectivity index (χ4v) is 3.43. The third-order valence-electron chi connectivity index (χ3n) is 5.26. The standard InChI is InChI=1S/C23H24F2N2O3/c1-5-13(2)26-22(28)11-17-14(3)27(23(29)15-6-8-16(24)9-7-15)20-12-19(25)21(30-4)10-18(17)20/h6-10,12-13H,5,11H2,1-4H3,(H,26,28). The van der Waals surface area contributed by atoms with E-state index in [1.54, 1.807) is 6.92 Å². The predicted octanol–water partition coefficient (Wildman–Crippen LogP) is 4.38. The van der Waals surface area contributed by atoms with E-state index in [-0.39, 0.29) is 29.7 Å². The molecule has 1 heterocycles. The zero-order chi connectivity index (χ0) is 22.0. The predicted molar refractivity (Wildman–Crippen MR) is 111 cm³/mol. The molecule has 0 fully saturated rings. The monoisotopic (exact) mass is 414 g/mol. The van der Waals surface area contributed by atoms with Crippen LogP contribution in [0.2, 0.25) is 0 Å². The zero-order valence-corrected chi connectivity index (χ0v) is 17.4. The second-order valence-corrected chi connectivity index (χ2v) is 7.27. The highest BCUT2D eigenvalue weighted by atomic mass is 19.1. The van der Waals surface area contributed by atoms with E-state index >= 15 is 0 Å². The molecular weight excluding hydrogens is 390 g/mol. The van der Waals surface area contributed by atoms with Crippen LogP contribution in [0.4, 0.5) is 8.78 Å². The average Bonchev–Trinajstić information content (AvgIpc) is 2.97. The number of hydrogen-bond acceptors (Lipinski definition) is 3. The summed E-state index contributed by atoms with van der Waals surface area (Å²) in [5, 5.41) is 3.46. The number of aromatic nitrogens is 1. The molecule has 158 valence electrons. The van der Waals surface area contributed by atoms with E-state index in [0.717, 1.165) is 6.42 Å². The van der Waals surface area contributed by atoms with Crippen molar-refractivity contribution in [2.75, 3.05) is 7.11 Å². The van der Waals surface area contributed by atoms with Crippen molar-refractivity contribution in [3.8, 4) is 5.75 Å². The Labute approximate surface area is 173 Å². The molecule has 0 aliphatic rings. The minimum Gasteiger partial charge on any atom is -0.494 e. The van der Waals surface area contributed by atoms with Crippen LogP contribution in [0.3, 0.4) is 0 Å². The van der Waals surface area contributed by atoms with Gasteiger partial charge >= 0.3 is 0 Å². The van der Waals surface area contributed by atoms with Gasteiger partial charge in [-0.3, -0.25) is 14.2 Å². The minimum absolute atomic E-state index is 0.0129. The number of nitrogens with zero attached hydrogens (tertiary/aromatic N) is 1. The minimum atomic E-state index is -0.619. The van der Waals surface area contributed by atoms with Crippen LogP contribution in [-0.2, 0) is 11.2 Å². The molecule has 0 bridgehead atoms. The van der Waals surface area contributed by atoms with Gasteiger partial charge in [0.2, 0.25) is 5.91 Å². The summed E-state index contributed by atoms with van der Waals surface area (Å²) in [7, 11) is 1.35. The van der Waals surface area contributed by atoms with Gasteiger partial charge in [0.05, 0.1) is 19.0 Å². The molecule has 30 heavy (non-hydrogen) atoms. The number of methoxy groups -OCH3 is 1. The van der Waals surface area contributed by atoms with Gasteiger partial charge < -0.3 is 10.1 Å². The molecule has 0 spiro atoms. The van der Waals surface area contributed by atoms with Crippen molar-refractivity contribution >= 4 is 22.7 Å². The summed E-state index contributed by atoms with van der Waals surface area (Å²) >= 11 is 0. The molecule has 7 heteroatoms. The number of benzene rings is 2. The van der Waals surface area contributed by atoms with Gasteiger partial charge in [0.25, 0.3) is 5.91 Å². The highest BCUT2D eigenvalue weighted by Crippen LogP contribution is 2.32. The SMILES string of the molecule is CCC(C)NC(=O)Cc1c(C)n(C(=O)c2ccc(F)cc2)c2cc(F)c(OC)cc12. The van der Waals surface area contributed by atoms with Crippen molar-refractivity contribution in [3.05, 3.63) is 64.9 Å². The lowest BCUT2D eigenvalue weighted by Crippen LogP contribution is -2.33. The van der Waals surface area contributed by atoms with Crippen LogP contribution in [0.1, 0.15) is 41.9 Å². The smallest absolute Gasteiger partial charge is 0.262 e. The third kappa shape index (κ3) is 4.06. The molecule has 3 aromatic rings. The van der Waals surface area contributed by atoms with Crippen molar-refractivity contribution in [1.82, 2.24) is 9.88 Å². The Morgan fingerprint density at radius 1 is 1.17 bits per heavy atom. The number of nitrogens with one attached hydrogen (secondary N) is 1. The van der Waals surface area contributed by atoms with Crippen LogP contribution >= 0.6 is 0 Å². The Kier molecular flexibility index (Phi) is 6.20. The first-order valence-corrected chi connectivity index (χ1v) is 9.73. The van der Waals surface area contributed by atoms with Crippen molar-refractivity contribution in [3.63, 3.8) is 0 Å². The van der Waals surface area contributed by atoms with E-state index in [4.69, 9.17) is 4.74 Å². The topological polar surface area (TPSA) is 60.3 Å². The van der Waals surface area contributed by atoms with E-state index < -0.39 is 17.5 Å².